The molecule has 0 fully saturated rings. The zero-order valence-electron chi connectivity index (χ0n) is 16.7. The summed E-state index contributed by atoms with van der Waals surface area (Å²) in [6.07, 6.45) is 0. The van der Waals surface area contributed by atoms with Gasteiger partial charge in [-0.15, -0.1) is 0 Å². The lowest BCUT2D eigenvalue weighted by molar-refractivity contribution is 0.102. The molecule has 150 valence electrons. The number of hydrogen-bond donors (Lipinski definition) is 1. The van der Waals surface area contributed by atoms with Crippen LogP contribution in [0.2, 0.25) is 0 Å². The Morgan fingerprint density at radius 3 is 2.28 bits per heavy atom. The number of anilines is 1. The van der Waals surface area contributed by atoms with Crippen LogP contribution in [-0.4, -0.2) is 19.1 Å². The van der Waals surface area contributed by atoms with E-state index >= 15 is 0 Å². The Balaban J connectivity index is 1.77. The van der Waals surface area contributed by atoms with Crippen molar-refractivity contribution in [3.05, 3.63) is 83.9 Å². The molecule has 1 amide bonds. The Bertz CT molecular complexity index is 941. The van der Waals surface area contributed by atoms with Gasteiger partial charge in [-0.1, -0.05) is 42.5 Å². The van der Waals surface area contributed by atoms with Gasteiger partial charge in [0.05, 0.1) is 24.5 Å². The van der Waals surface area contributed by atoms with Crippen LogP contribution in [0.5, 0.6) is 17.2 Å². The van der Waals surface area contributed by atoms with Gasteiger partial charge in [0.15, 0.2) is 0 Å². The lowest BCUT2D eigenvalue weighted by atomic mass is 10.1. The summed E-state index contributed by atoms with van der Waals surface area (Å²) in [4.78, 5) is 12.9. The Morgan fingerprint density at radius 2 is 1.52 bits per heavy atom. The molecule has 0 radical (unpaired) electrons. The normalized spacial score (nSPS) is 10.3. The van der Waals surface area contributed by atoms with Crippen molar-refractivity contribution in [1.29, 1.82) is 0 Å². The number of rotatable bonds is 9. The van der Waals surface area contributed by atoms with Gasteiger partial charge in [-0.2, -0.15) is 0 Å². The second-order valence-corrected chi connectivity index (χ2v) is 6.25. The van der Waals surface area contributed by atoms with Gasteiger partial charge >= 0.3 is 0 Å². The topological polar surface area (TPSA) is 56.8 Å². The van der Waals surface area contributed by atoms with Gasteiger partial charge in [-0.05, 0) is 43.7 Å². The number of para-hydroxylation sites is 2. The highest BCUT2D eigenvalue weighted by Gasteiger charge is 2.16. The second kappa shape index (κ2) is 10.2. The number of carbonyl (C=O) groups excluding carboxylic acids is 1. The van der Waals surface area contributed by atoms with Crippen molar-refractivity contribution < 1.29 is 19.0 Å². The minimum Gasteiger partial charge on any atom is -0.494 e. The number of nitrogens with one attached hydrogen (secondary N) is 1. The average molecular weight is 391 g/mol. The van der Waals surface area contributed by atoms with Gasteiger partial charge in [-0.3, -0.25) is 4.79 Å². The molecule has 5 nitrogen and oxygen atoms in total. The zero-order chi connectivity index (χ0) is 20.5. The van der Waals surface area contributed by atoms with Crippen molar-refractivity contribution in [3.8, 4) is 17.2 Å². The van der Waals surface area contributed by atoms with E-state index in [0.29, 0.717) is 48.3 Å². The molecule has 0 aliphatic heterocycles. The molecule has 1 N–H and O–H groups in total. The van der Waals surface area contributed by atoms with E-state index in [1.54, 1.807) is 18.2 Å². The summed E-state index contributed by atoms with van der Waals surface area (Å²) in [7, 11) is 0. The van der Waals surface area contributed by atoms with Crippen molar-refractivity contribution in [2.24, 2.45) is 0 Å². The number of hydrogen-bond acceptors (Lipinski definition) is 4. The van der Waals surface area contributed by atoms with E-state index in [1.165, 1.54) is 0 Å². The summed E-state index contributed by atoms with van der Waals surface area (Å²) >= 11 is 0. The maximum absolute atomic E-state index is 12.9. The average Bonchev–Trinajstić information content (AvgIpc) is 2.74. The Labute approximate surface area is 171 Å². The van der Waals surface area contributed by atoms with Crippen LogP contribution in [0.1, 0.15) is 29.8 Å². The van der Waals surface area contributed by atoms with Crippen LogP contribution in [-0.2, 0) is 6.61 Å². The highest BCUT2D eigenvalue weighted by molar-refractivity contribution is 6.07. The molecular weight excluding hydrogens is 366 g/mol. The largest absolute Gasteiger partial charge is 0.494 e. The maximum atomic E-state index is 12.9. The molecule has 0 aliphatic rings. The summed E-state index contributed by atoms with van der Waals surface area (Å²) in [5, 5.41) is 2.93. The number of carbonyl (C=O) groups is 1. The summed E-state index contributed by atoms with van der Waals surface area (Å²) in [5.74, 6) is 1.48. The first-order valence-electron chi connectivity index (χ1n) is 9.68. The summed E-state index contributed by atoms with van der Waals surface area (Å²) in [6, 6.07) is 22.5. The molecule has 3 rings (SSSR count). The SMILES string of the molecule is CCOc1ccc(C(=O)Nc2ccccc2OCc2ccccc2)c(OCC)c1. The highest BCUT2D eigenvalue weighted by Crippen LogP contribution is 2.29. The summed E-state index contributed by atoms with van der Waals surface area (Å²) < 4.78 is 17.1. The smallest absolute Gasteiger partial charge is 0.259 e. The van der Waals surface area contributed by atoms with Crippen molar-refractivity contribution in [1.82, 2.24) is 0 Å². The quantitative estimate of drug-likeness (QED) is 0.537. The Hall–Kier alpha value is -3.47. The minimum absolute atomic E-state index is 0.271. The first-order chi connectivity index (χ1) is 14.2. The molecule has 0 atom stereocenters. The highest BCUT2D eigenvalue weighted by atomic mass is 16.5. The van der Waals surface area contributed by atoms with Crippen LogP contribution in [0.4, 0.5) is 5.69 Å². The zero-order valence-corrected chi connectivity index (χ0v) is 16.7. The molecular formula is C24H25NO4. The Kier molecular flexibility index (Phi) is 7.11. The van der Waals surface area contributed by atoms with Crippen LogP contribution in [0, 0.1) is 0 Å². The van der Waals surface area contributed by atoms with Crippen molar-refractivity contribution in [2.45, 2.75) is 20.5 Å². The van der Waals surface area contributed by atoms with Crippen LogP contribution in [0.3, 0.4) is 0 Å². The van der Waals surface area contributed by atoms with Crippen LogP contribution < -0.4 is 19.5 Å². The number of benzene rings is 3. The molecule has 0 spiro atoms. The molecule has 3 aromatic carbocycles. The molecule has 0 heterocycles. The van der Waals surface area contributed by atoms with Gasteiger partial charge in [0.1, 0.15) is 23.9 Å². The fourth-order valence-electron chi connectivity index (χ4n) is 2.84. The first kappa shape index (κ1) is 20.3. The fourth-order valence-corrected chi connectivity index (χ4v) is 2.84. The number of amides is 1. The second-order valence-electron chi connectivity index (χ2n) is 6.25. The van der Waals surface area contributed by atoms with Crippen molar-refractivity contribution in [2.75, 3.05) is 18.5 Å². The molecule has 3 aromatic rings. The van der Waals surface area contributed by atoms with E-state index in [0.717, 1.165) is 5.56 Å². The molecule has 0 unspecified atom stereocenters. The van der Waals surface area contributed by atoms with E-state index in [9.17, 15) is 4.79 Å². The first-order valence-corrected chi connectivity index (χ1v) is 9.68. The van der Waals surface area contributed by atoms with Crippen molar-refractivity contribution in [3.63, 3.8) is 0 Å². The monoisotopic (exact) mass is 391 g/mol. The van der Waals surface area contributed by atoms with E-state index < -0.39 is 0 Å². The van der Waals surface area contributed by atoms with Crippen molar-refractivity contribution >= 4 is 11.6 Å². The molecule has 0 saturated carbocycles. The summed E-state index contributed by atoms with van der Waals surface area (Å²) in [5.41, 5.74) is 2.09. The summed E-state index contributed by atoms with van der Waals surface area (Å²) in [6.45, 7) is 5.20. The van der Waals surface area contributed by atoms with Gasteiger partial charge in [0, 0.05) is 6.07 Å². The van der Waals surface area contributed by atoms with E-state index in [4.69, 9.17) is 14.2 Å². The van der Waals surface area contributed by atoms with Gasteiger partial charge in [0.2, 0.25) is 0 Å². The predicted octanol–water partition coefficient (Wildman–Crippen LogP) is 5.32. The van der Waals surface area contributed by atoms with E-state index in [2.05, 4.69) is 5.32 Å². The lowest BCUT2D eigenvalue weighted by Crippen LogP contribution is -2.14. The predicted molar refractivity (Wildman–Crippen MR) is 114 cm³/mol. The van der Waals surface area contributed by atoms with Crippen LogP contribution in [0.15, 0.2) is 72.8 Å². The molecule has 0 saturated heterocycles. The van der Waals surface area contributed by atoms with E-state index in [-0.39, 0.29) is 5.91 Å². The van der Waals surface area contributed by atoms with E-state index in [1.807, 2.05) is 68.4 Å². The van der Waals surface area contributed by atoms with Gasteiger partial charge in [0.25, 0.3) is 5.91 Å². The molecule has 0 aromatic heterocycles. The molecule has 0 bridgehead atoms. The molecule has 29 heavy (non-hydrogen) atoms. The number of ether oxygens (including phenoxy) is 3. The third kappa shape index (κ3) is 5.51. The third-order valence-corrected chi connectivity index (χ3v) is 4.18. The Morgan fingerprint density at radius 1 is 0.793 bits per heavy atom. The molecule has 0 aliphatic carbocycles. The molecule has 5 heteroatoms. The van der Waals surface area contributed by atoms with Crippen LogP contribution in [0.25, 0.3) is 0 Å². The fraction of sp³-hybridized carbons (Fsp3) is 0.208. The van der Waals surface area contributed by atoms with Crippen LogP contribution >= 0.6 is 0 Å². The van der Waals surface area contributed by atoms with Gasteiger partial charge in [-0.25, -0.2) is 0 Å². The third-order valence-electron chi connectivity index (χ3n) is 4.18. The van der Waals surface area contributed by atoms with Gasteiger partial charge < -0.3 is 19.5 Å². The standard InChI is InChI=1S/C24H25NO4/c1-3-27-19-14-15-20(23(16-19)28-4-2)24(26)25-21-12-8-9-13-22(21)29-17-18-10-6-5-7-11-18/h5-16H,3-4,17H2,1-2H3,(H,25,26). The minimum atomic E-state index is -0.271. The maximum Gasteiger partial charge on any atom is 0.259 e. The lowest BCUT2D eigenvalue weighted by Gasteiger charge is -2.15.